The molecule has 0 bridgehead atoms. The largest absolute Gasteiger partial charge is 0.391 e. The number of hydrogen-bond donors (Lipinski definition) is 2. The molecule has 3 rings (SSSR count). The van der Waals surface area contributed by atoms with E-state index in [1.54, 1.807) is 10.7 Å². The van der Waals surface area contributed by atoms with Crippen LogP contribution in [0.15, 0.2) is 6.07 Å². The van der Waals surface area contributed by atoms with Crippen molar-refractivity contribution in [2.45, 2.75) is 51.7 Å². The van der Waals surface area contributed by atoms with Crippen molar-refractivity contribution < 1.29 is 9.90 Å². The second kappa shape index (κ2) is 5.68. The van der Waals surface area contributed by atoms with Crippen LogP contribution in [-0.2, 0) is 7.05 Å². The first-order chi connectivity index (χ1) is 10.5. The molecule has 1 aliphatic rings. The summed E-state index contributed by atoms with van der Waals surface area (Å²) in [7, 11) is 1.83. The zero-order valence-corrected chi connectivity index (χ0v) is 13.3. The highest BCUT2D eigenvalue weighted by atomic mass is 16.3. The Bertz CT molecular complexity index is 722. The van der Waals surface area contributed by atoms with E-state index in [0.717, 1.165) is 42.5 Å². The lowest BCUT2D eigenvalue weighted by atomic mass is 9.92. The van der Waals surface area contributed by atoms with E-state index in [9.17, 15) is 9.90 Å². The highest BCUT2D eigenvalue weighted by molar-refractivity contribution is 6.06. The predicted octanol–water partition coefficient (Wildman–Crippen LogP) is 1.62. The van der Waals surface area contributed by atoms with Crippen molar-refractivity contribution in [2.75, 3.05) is 0 Å². The van der Waals surface area contributed by atoms with Crippen LogP contribution in [-0.4, -0.2) is 37.9 Å². The number of aryl methyl sites for hydroxylation is 3. The van der Waals surface area contributed by atoms with Gasteiger partial charge in [-0.05, 0) is 32.8 Å². The smallest absolute Gasteiger partial charge is 0.252 e. The Kier molecular flexibility index (Phi) is 3.87. The van der Waals surface area contributed by atoms with Gasteiger partial charge in [-0.2, -0.15) is 5.10 Å². The molecule has 118 valence electrons. The maximum Gasteiger partial charge on any atom is 0.252 e. The third-order valence-corrected chi connectivity index (χ3v) is 4.39. The molecule has 2 aromatic heterocycles. The summed E-state index contributed by atoms with van der Waals surface area (Å²) in [5, 5.41) is 18.2. The minimum absolute atomic E-state index is 0.155. The van der Waals surface area contributed by atoms with Gasteiger partial charge in [0.05, 0.1) is 28.8 Å². The standard InChI is InChI=1S/C16H22N4O2/c1-9-8-11(14-10(2)19-20(3)15(14)17-9)16(22)18-12-6-4-5-7-13(12)21/h8,12-13,21H,4-7H2,1-3H3,(H,18,22). The number of aromatic nitrogens is 3. The molecular formula is C16H22N4O2. The fourth-order valence-corrected chi connectivity index (χ4v) is 3.27. The lowest BCUT2D eigenvalue weighted by Gasteiger charge is -2.28. The minimum atomic E-state index is -0.453. The monoisotopic (exact) mass is 302 g/mol. The van der Waals surface area contributed by atoms with Crippen molar-refractivity contribution >= 4 is 16.9 Å². The molecule has 2 heterocycles. The summed E-state index contributed by atoms with van der Waals surface area (Å²) in [5.41, 5.74) is 2.88. The van der Waals surface area contributed by atoms with Crippen LogP contribution in [0, 0.1) is 13.8 Å². The number of nitrogens with zero attached hydrogens (tertiary/aromatic N) is 3. The van der Waals surface area contributed by atoms with E-state index >= 15 is 0 Å². The molecule has 6 heteroatoms. The van der Waals surface area contributed by atoms with Gasteiger partial charge in [0.1, 0.15) is 0 Å². The zero-order chi connectivity index (χ0) is 15.9. The maximum absolute atomic E-state index is 12.7. The molecule has 1 saturated carbocycles. The third kappa shape index (κ3) is 2.59. The molecule has 2 aromatic rings. The van der Waals surface area contributed by atoms with Crippen LogP contribution in [0.2, 0.25) is 0 Å². The van der Waals surface area contributed by atoms with Gasteiger partial charge in [0.15, 0.2) is 5.65 Å². The maximum atomic E-state index is 12.7. The molecule has 1 fully saturated rings. The fraction of sp³-hybridized carbons (Fsp3) is 0.562. The number of pyridine rings is 1. The minimum Gasteiger partial charge on any atom is -0.391 e. The second-order valence-electron chi connectivity index (χ2n) is 6.15. The van der Waals surface area contributed by atoms with Gasteiger partial charge in [0.2, 0.25) is 0 Å². The number of aliphatic hydroxyl groups excluding tert-OH is 1. The molecule has 0 aromatic carbocycles. The van der Waals surface area contributed by atoms with E-state index in [1.807, 2.05) is 20.9 Å². The number of nitrogens with one attached hydrogen (secondary N) is 1. The lowest BCUT2D eigenvalue weighted by molar-refractivity contribution is 0.0718. The van der Waals surface area contributed by atoms with Crippen LogP contribution < -0.4 is 5.32 Å². The first-order valence-electron chi connectivity index (χ1n) is 7.77. The average molecular weight is 302 g/mol. The first kappa shape index (κ1) is 15.0. The van der Waals surface area contributed by atoms with Crippen LogP contribution in [0.25, 0.3) is 11.0 Å². The van der Waals surface area contributed by atoms with Crippen molar-refractivity contribution in [1.82, 2.24) is 20.1 Å². The third-order valence-electron chi connectivity index (χ3n) is 4.39. The number of aliphatic hydroxyl groups is 1. The molecule has 1 aliphatic carbocycles. The molecule has 1 amide bonds. The van der Waals surface area contributed by atoms with Crippen LogP contribution in [0.1, 0.15) is 47.4 Å². The highest BCUT2D eigenvalue weighted by Crippen LogP contribution is 2.23. The van der Waals surface area contributed by atoms with E-state index in [2.05, 4.69) is 15.4 Å². The molecule has 2 N–H and O–H groups in total. The van der Waals surface area contributed by atoms with Gasteiger partial charge in [0.25, 0.3) is 5.91 Å². The molecule has 0 saturated heterocycles. The molecule has 2 unspecified atom stereocenters. The van der Waals surface area contributed by atoms with Crippen molar-refractivity contribution in [3.05, 3.63) is 23.0 Å². The number of rotatable bonds is 2. The summed E-state index contributed by atoms with van der Waals surface area (Å²) in [6.45, 7) is 3.75. The molecule has 0 spiro atoms. The Morgan fingerprint density at radius 2 is 2.09 bits per heavy atom. The van der Waals surface area contributed by atoms with Crippen molar-refractivity contribution in [2.24, 2.45) is 7.05 Å². The average Bonchev–Trinajstić information content (AvgIpc) is 2.75. The van der Waals surface area contributed by atoms with Crippen LogP contribution >= 0.6 is 0 Å². The van der Waals surface area contributed by atoms with Gasteiger partial charge < -0.3 is 10.4 Å². The summed E-state index contributed by atoms with van der Waals surface area (Å²) in [6, 6.07) is 1.63. The molecule has 0 aliphatic heterocycles. The van der Waals surface area contributed by atoms with E-state index in [4.69, 9.17) is 0 Å². The quantitative estimate of drug-likeness (QED) is 0.883. The zero-order valence-electron chi connectivity index (χ0n) is 13.3. The number of carbonyl (C=O) groups excluding carboxylic acids is 1. The molecule has 22 heavy (non-hydrogen) atoms. The Balaban J connectivity index is 1.96. The number of fused-ring (bicyclic) bond motifs is 1. The van der Waals surface area contributed by atoms with Crippen molar-refractivity contribution in [3.8, 4) is 0 Å². The van der Waals surface area contributed by atoms with Gasteiger partial charge in [0, 0.05) is 12.7 Å². The van der Waals surface area contributed by atoms with Gasteiger partial charge in [-0.1, -0.05) is 12.8 Å². The highest BCUT2D eigenvalue weighted by Gasteiger charge is 2.26. The van der Waals surface area contributed by atoms with Crippen molar-refractivity contribution in [1.29, 1.82) is 0 Å². The molecule has 6 nitrogen and oxygen atoms in total. The van der Waals surface area contributed by atoms with Crippen LogP contribution in [0.4, 0.5) is 0 Å². The summed E-state index contributed by atoms with van der Waals surface area (Å²) in [6.07, 6.45) is 3.19. The van der Waals surface area contributed by atoms with E-state index in [1.165, 1.54) is 0 Å². The number of hydrogen-bond acceptors (Lipinski definition) is 4. The van der Waals surface area contributed by atoms with Crippen LogP contribution in [0.3, 0.4) is 0 Å². The number of carbonyl (C=O) groups is 1. The SMILES string of the molecule is Cc1cc(C(=O)NC2CCCCC2O)c2c(C)nn(C)c2n1. The Labute approximate surface area is 129 Å². The van der Waals surface area contributed by atoms with Crippen LogP contribution in [0.5, 0.6) is 0 Å². The van der Waals surface area contributed by atoms with Gasteiger partial charge in [-0.25, -0.2) is 4.98 Å². The Morgan fingerprint density at radius 1 is 1.36 bits per heavy atom. The van der Waals surface area contributed by atoms with Gasteiger partial charge in [-0.15, -0.1) is 0 Å². The topological polar surface area (TPSA) is 80.0 Å². The van der Waals surface area contributed by atoms with E-state index < -0.39 is 6.10 Å². The summed E-state index contributed by atoms with van der Waals surface area (Å²) in [4.78, 5) is 17.2. The van der Waals surface area contributed by atoms with Gasteiger partial charge in [-0.3, -0.25) is 9.48 Å². The van der Waals surface area contributed by atoms with Crippen molar-refractivity contribution in [3.63, 3.8) is 0 Å². The molecular weight excluding hydrogens is 280 g/mol. The summed E-state index contributed by atoms with van der Waals surface area (Å²) < 4.78 is 1.70. The fourth-order valence-electron chi connectivity index (χ4n) is 3.27. The Hall–Kier alpha value is -1.95. The second-order valence-corrected chi connectivity index (χ2v) is 6.15. The van der Waals surface area contributed by atoms with Gasteiger partial charge >= 0.3 is 0 Å². The number of amides is 1. The van der Waals surface area contributed by atoms with E-state index in [0.29, 0.717) is 11.2 Å². The molecule has 0 radical (unpaired) electrons. The summed E-state index contributed by atoms with van der Waals surface area (Å²) >= 11 is 0. The Morgan fingerprint density at radius 3 is 2.82 bits per heavy atom. The normalized spacial score (nSPS) is 22.0. The summed E-state index contributed by atoms with van der Waals surface area (Å²) in [5.74, 6) is -0.155. The molecule has 2 atom stereocenters. The first-order valence-corrected chi connectivity index (χ1v) is 7.77. The van der Waals surface area contributed by atoms with E-state index in [-0.39, 0.29) is 11.9 Å². The lowest BCUT2D eigenvalue weighted by Crippen LogP contribution is -2.45. The predicted molar refractivity (Wildman–Crippen MR) is 83.7 cm³/mol.